The molecule has 0 amide bonds. The van der Waals surface area contributed by atoms with E-state index in [1.54, 1.807) is 24.3 Å². The Hall–Kier alpha value is -8.43. The van der Waals surface area contributed by atoms with Gasteiger partial charge >= 0.3 is 24.7 Å². The van der Waals surface area contributed by atoms with Crippen molar-refractivity contribution in [2.24, 2.45) is 0 Å². The number of benzene rings is 8. The fraction of sp³-hybridized carbons (Fsp3) is 0.140. The lowest BCUT2D eigenvalue weighted by atomic mass is 9.89. The number of ketones is 1. The molecule has 1 aliphatic carbocycles. The molecule has 0 aliphatic heterocycles. The number of anilines is 8. The number of hydrogen-bond donors (Lipinski definition) is 8. The summed E-state index contributed by atoms with van der Waals surface area (Å²) in [5.41, 5.74) is 47.9. The molecule has 0 saturated carbocycles. The summed E-state index contributed by atoms with van der Waals surface area (Å²) >= 11 is 12.2. The molecule has 16 N–H and O–H groups in total. The monoisotopic (exact) mass is 1160 g/mol. The Morgan fingerprint density at radius 3 is 0.950 bits per heavy atom. The van der Waals surface area contributed by atoms with Crippen LogP contribution < -0.4 is 45.9 Å². The number of nitrogen functional groups attached to an aromatic ring is 8. The molecule has 0 radical (unpaired) electrons. The molecule has 0 aromatic heterocycles. The Labute approximate surface area is 460 Å². The van der Waals surface area contributed by atoms with Crippen LogP contribution in [0, 0.1) is 13.8 Å². The highest BCUT2D eigenvalue weighted by molar-refractivity contribution is 6.36. The van der Waals surface area contributed by atoms with E-state index in [-0.39, 0.29) is 28.3 Å². The summed E-state index contributed by atoms with van der Waals surface area (Å²) in [7, 11) is 0. The Morgan fingerprint density at radius 1 is 0.350 bits per heavy atom. The molecule has 23 heteroatoms. The maximum atomic E-state index is 13.1. The summed E-state index contributed by atoms with van der Waals surface area (Å²) < 4.78 is 155. The molecule has 9 rings (SSSR count). The van der Waals surface area contributed by atoms with Crippen molar-refractivity contribution in [2.75, 3.05) is 45.9 Å². The Balaban J connectivity index is 0.000000173. The standard InChI is InChI=1S/C17H18N2O.2C14H10F6N2.C12H10Cl2N2/c1-9-3-13(18)5-11-7-15(20)8-12-6-14(19)4-10(2)17(12)16(9)11;15-13(16,17)11-5-7(21)1-3-9(11)10-4-2-8(22)6-12(10)14(18,19)20;15-13(16,17)9-5-7(1-3-11(9)21)8-2-4-12(22)10(6-8)14(18,19)20;13-11-5-7(15)1-3-9(11)10-4-2-8(16)6-12(10)14/h3-6H,7-8,18-19H2,1-2H3;2*1-6H,21-22H2;1-6H,15-16H2. The van der Waals surface area contributed by atoms with Crippen molar-refractivity contribution in [3.05, 3.63) is 188 Å². The van der Waals surface area contributed by atoms with Crippen molar-refractivity contribution in [3.8, 4) is 44.5 Å². The maximum Gasteiger partial charge on any atom is 0.418 e. The molecule has 80 heavy (non-hydrogen) atoms. The Kier molecular flexibility index (Phi) is 17.9. The topological polar surface area (TPSA) is 225 Å². The predicted octanol–water partition coefficient (Wildman–Crippen LogP) is 15.7. The molecule has 0 spiro atoms. The van der Waals surface area contributed by atoms with E-state index >= 15 is 0 Å². The van der Waals surface area contributed by atoms with Gasteiger partial charge in [0.25, 0.3) is 0 Å². The van der Waals surface area contributed by atoms with Crippen molar-refractivity contribution < 1.29 is 57.5 Å². The number of alkyl halides is 12. The van der Waals surface area contributed by atoms with E-state index in [1.807, 2.05) is 50.2 Å². The first kappa shape index (κ1) is 60.8. The number of halogens is 14. The molecule has 9 nitrogen and oxygen atoms in total. The molecule has 8 aromatic carbocycles. The minimum atomic E-state index is -4.84. The summed E-state index contributed by atoms with van der Waals surface area (Å²) in [5, 5.41) is 1.15. The lowest BCUT2D eigenvalue weighted by Crippen LogP contribution is -2.12. The van der Waals surface area contributed by atoms with Gasteiger partial charge in [-0.05, 0) is 167 Å². The van der Waals surface area contributed by atoms with Gasteiger partial charge in [0.15, 0.2) is 0 Å². The molecule has 8 aromatic rings. The Morgan fingerprint density at radius 2 is 0.650 bits per heavy atom. The highest BCUT2D eigenvalue weighted by Gasteiger charge is 2.39. The number of Topliss-reactive ketones (excluding diaryl/α,β-unsaturated/α-hetero) is 1. The van der Waals surface area contributed by atoms with Crippen LogP contribution in [0.2, 0.25) is 10.0 Å². The number of carbonyl (C=O) groups is 1. The highest BCUT2D eigenvalue weighted by Crippen LogP contribution is 2.45. The van der Waals surface area contributed by atoms with Crippen molar-refractivity contribution in [2.45, 2.75) is 51.4 Å². The zero-order chi connectivity index (χ0) is 59.6. The van der Waals surface area contributed by atoms with Crippen molar-refractivity contribution in [1.82, 2.24) is 0 Å². The molecule has 420 valence electrons. The van der Waals surface area contributed by atoms with Gasteiger partial charge in [0, 0.05) is 69.5 Å². The predicted molar refractivity (Wildman–Crippen MR) is 295 cm³/mol. The average molecular weight is 1160 g/mol. The molecule has 0 unspecified atom stereocenters. The van der Waals surface area contributed by atoms with Crippen molar-refractivity contribution in [3.63, 3.8) is 0 Å². The lowest BCUT2D eigenvalue weighted by molar-refractivity contribution is -0.139. The van der Waals surface area contributed by atoms with Gasteiger partial charge in [-0.1, -0.05) is 59.6 Å². The van der Waals surface area contributed by atoms with Crippen LogP contribution in [0.5, 0.6) is 0 Å². The average Bonchev–Trinajstić information content (AvgIpc) is 3.68. The first-order chi connectivity index (χ1) is 37.0. The van der Waals surface area contributed by atoms with E-state index in [1.165, 1.54) is 12.1 Å². The normalized spacial score (nSPS) is 12.3. The second-order valence-corrected chi connectivity index (χ2v) is 19.1. The minimum absolute atomic E-state index is 0.0352. The van der Waals surface area contributed by atoms with Crippen LogP contribution in [0.3, 0.4) is 0 Å². The summed E-state index contributed by atoms with van der Waals surface area (Å²) in [4.78, 5) is 12.2. The van der Waals surface area contributed by atoms with Crippen molar-refractivity contribution in [1.29, 1.82) is 0 Å². The Bertz CT molecular complexity index is 3400. The fourth-order valence-corrected chi connectivity index (χ4v) is 9.37. The van der Waals surface area contributed by atoms with Gasteiger partial charge in [-0.25, -0.2) is 0 Å². The third-order valence-corrected chi connectivity index (χ3v) is 12.8. The van der Waals surface area contributed by atoms with Crippen molar-refractivity contribution >= 4 is 74.5 Å². The number of aryl methyl sites for hydroxylation is 2. The van der Waals surface area contributed by atoms with E-state index in [9.17, 15) is 57.5 Å². The molecule has 0 bridgehead atoms. The van der Waals surface area contributed by atoms with Crippen LogP contribution in [0.1, 0.15) is 44.5 Å². The maximum absolute atomic E-state index is 13.1. The van der Waals surface area contributed by atoms with Crippen LogP contribution >= 0.6 is 23.2 Å². The highest BCUT2D eigenvalue weighted by atomic mass is 35.5. The third-order valence-electron chi connectivity index (χ3n) is 12.2. The summed E-state index contributed by atoms with van der Waals surface area (Å²) in [6.45, 7) is 4.09. The zero-order valence-electron chi connectivity index (χ0n) is 41.9. The number of rotatable bonds is 3. The van der Waals surface area contributed by atoms with Gasteiger partial charge < -0.3 is 45.9 Å². The summed E-state index contributed by atoms with van der Waals surface area (Å²) in [6.07, 6.45) is -18.2. The number of fused-ring (bicyclic) bond motifs is 3. The number of nitrogens with two attached hydrogens (primary N) is 8. The third kappa shape index (κ3) is 14.6. The molecule has 0 saturated heterocycles. The molecular formula is C57H48Cl2F12N8O. The van der Waals surface area contributed by atoms with Crippen LogP contribution in [-0.4, -0.2) is 5.78 Å². The van der Waals surface area contributed by atoms with Gasteiger partial charge in [0.05, 0.1) is 32.3 Å². The van der Waals surface area contributed by atoms with Gasteiger partial charge in [0.1, 0.15) is 5.78 Å². The van der Waals surface area contributed by atoms with Gasteiger partial charge in [-0.2, -0.15) is 52.7 Å². The van der Waals surface area contributed by atoms with E-state index in [0.29, 0.717) is 69.9 Å². The fourth-order valence-electron chi connectivity index (χ4n) is 8.79. The van der Waals surface area contributed by atoms with E-state index < -0.39 is 69.5 Å². The van der Waals surface area contributed by atoms with Gasteiger partial charge in [0.2, 0.25) is 0 Å². The quantitative estimate of drug-likeness (QED) is 0.0621. The van der Waals surface area contributed by atoms with Gasteiger partial charge in [-0.15, -0.1) is 0 Å². The smallest absolute Gasteiger partial charge is 0.399 e. The second kappa shape index (κ2) is 23.5. The van der Waals surface area contributed by atoms with Crippen LogP contribution in [0.4, 0.5) is 98.2 Å². The first-order valence-electron chi connectivity index (χ1n) is 23.3. The van der Waals surface area contributed by atoms with Crippen LogP contribution in [0.15, 0.2) is 133 Å². The molecule has 0 atom stereocenters. The van der Waals surface area contributed by atoms with E-state index in [4.69, 9.17) is 69.1 Å². The van der Waals surface area contributed by atoms with Crippen LogP contribution in [0.25, 0.3) is 44.5 Å². The first-order valence-corrected chi connectivity index (χ1v) is 24.1. The second-order valence-electron chi connectivity index (χ2n) is 18.3. The largest absolute Gasteiger partial charge is 0.418 e. The lowest BCUT2D eigenvalue weighted by Gasteiger charge is -2.18. The summed E-state index contributed by atoms with van der Waals surface area (Å²) in [5.74, 6) is 0.208. The SMILES string of the molecule is Cc1cc(N)cc2c1-c1c(C)cc(N)cc1CC(=O)C2.Nc1ccc(-c2ccc(N)c(C(F)(F)F)c2)cc1C(F)(F)F.Nc1ccc(-c2ccc(N)cc2C(F)(F)F)c(C(F)(F)F)c1.Nc1ccc(-c2ccc(N)cc2Cl)c(Cl)c1. The minimum Gasteiger partial charge on any atom is -0.399 e. The van der Waals surface area contributed by atoms with E-state index in [0.717, 1.165) is 80.9 Å². The van der Waals surface area contributed by atoms with Crippen LogP contribution in [-0.2, 0) is 42.3 Å². The summed E-state index contributed by atoms with van der Waals surface area (Å²) in [6, 6.07) is 29.5. The molecule has 1 aliphatic rings. The molecule has 0 heterocycles. The van der Waals surface area contributed by atoms with E-state index in [2.05, 4.69) is 0 Å². The zero-order valence-corrected chi connectivity index (χ0v) is 43.4. The van der Waals surface area contributed by atoms with Gasteiger partial charge in [-0.3, -0.25) is 4.79 Å². The molecular weight excluding hydrogens is 1110 g/mol. The number of carbonyl (C=O) groups excluding carboxylic acids is 1. The number of hydrogen-bond acceptors (Lipinski definition) is 9. The molecule has 0 fully saturated rings.